The molecule has 0 aliphatic rings. The molecule has 0 bridgehead atoms. The van der Waals surface area contributed by atoms with Crippen molar-refractivity contribution >= 4 is 26.9 Å². The van der Waals surface area contributed by atoms with Crippen molar-refractivity contribution in [2.24, 2.45) is 0 Å². The predicted octanol–water partition coefficient (Wildman–Crippen LogP) is 2.57. The van der Waals surface area contributed by atoms with E-state index in [-0.39, 0.29) is 22.3 Å². The Bertz CT molecular complexity index is 1090. The zero-order chi connectivity index (χ0) is 18.4. The molecule has 0 fully saturated rings. The highest BCUT2D eigenvalue weighted by molar-refractivity contribution is 7.92. The summed E-state index contributed by atoms with van der Waals surface area (Å²) >= 11 is 0. The summed E-state index contributed by atoms with van der Waals surface area (Å²) in [6, 6.07) is 4.28. The van der Waals surface area contributed by atoms with Crippen LogP contribution in [0.3, 0.4) is 0 Å². The fraction of sp³-hybridized carbons (Fsp3) is 0.375. The van der Waals surface area contributed by atoms with Crippen molar-refractivity contribution in [2.75, 3.05) is 4.72 Å². The van der Waals surface area contributed by atoms with Gasteiger partial charge in [0, 0.05) is 23.4 Å². The van der Waals surface area contributed by atoms with Gasteiger partial charge in [-0.2, -0.15) is 5.10 Å². The van der Waals surface area contributed by atoms with Gasteiger partial charge in [-0.1, -0.05) is 6.92 Å². The molecule has 0 amide bonds. The molecule has 0 atom stereocenters. The van der Waals surface area contributed by atoms with E-state index in [1.165, 1.54) is 16.7 Å². The molecule has 2 aromatic heterocycles. The largest absolute Gasteiger partial charge is 0.420 e. The molecule has 0 aliphatic heterocycles. The zero-order valence-electron chi connectivity index (χ0n) is 14.5. The molecule has 25 heavy (non-hydrogen) atoms. The Morgan fingerprint density at radius 2 is 2.08 bits per heavy atom. The molecule has 0 saturated heterocycles. The van der Waals surface area contributed by atoms with Gasteiger partial charge in [0.1, 0.15) is 0 Å². The van der Waals surface area contributed by atoms with E-state index < -0.39 is 15.8 Å². The smallest absolute Gasteiger partial charge is 0.408 e. The van der Waals surface area contributed by atoms with E-state index in [1.807, 2.05) is 20.8 Å². The number of benzene rings is 1. The Morgan fingerprint density at radius 1 is 1.36 bits per heavy atom. The van der Waals surface area contributed by atoms with Crippen molar-refractivity contribution in [1.82, 2.24) is 14.8 Å². The number of sulfonamides is 1. The summed E-state index contributed by atoms with van der Waals surface area (Å²) in [5.41, 5.74) is 2.41. The molecule has 2 N–H and O–H groups in total. The van der Waals surface area contributed by atoms with Gasteiger partial charge in [-0.3, -0.25) is 14.4 Å². The first-order valence-electron chi connectivity index (χ1n) is 7.96. The number of aromatic nitrogens is 3. The lowest BCUT2D eigenvalue weighted by molar-refractivity contribution is 0.478. The molecule has 0 unspecified atom stereocenters. The highest BCUT2D eigenvalue weighted by atomic mass is 32.2. The molecule has 3 rings (SSSR count). The van der Waals surface area contributed by atoms with Gasteiger partial charge in [-0.25, -0.2) is 13.2 Å². The van der Waals surface area contributed by atoms with Crippen molar-refractivity contribution in [3.63, 3.8) is 0 Å². The minimum absolute atomic E-state index is 0.00473. The van der Waals surface area contributed by atoms with Gasteiger partial charge in [0.05, 0.1) is 10.4 Å². The SMILES string of the molecule is CCc1[nH]nc(NS(=O)(=O)c2ccc3c(c2)oc(=O)n3C(C)C)c1C. The average Bonchev–Trinajstić information content (AvgIpc) is 3.05. The van der Waals surface area contributed by atoms with Crippen molar-refractivity contribution in [2.45, 2.75) is 45.1 Å². The van der Waals surface area contributed by atoms with E-state index in [2.05, 4.69) is 14.9 Å². The van der Waals surface area contributed by atoms with Gasteiger partial charge in [-0.15, -0.1) is 0 Å². The van der Waals surface area contributed by atoms with Crippen LogP contribution < -0.4 is 10.5 Å². The van der Waals surface area contributed by atoms with Crippen molar-refractivity contribution in [3.8, 4) is 0 Å². The molecule has 0 aliphatic carbocycles. The van der Waals surface area contributed by atoms with Crippen LogP contribution in [0.15, 0.2) is 32.3 Å². The molecule has 3 aromatic rings. The van der Waals surface area contributed by atoms with Gasteiger partial charge in [0.15, 0.2) is 11.4 Å². The monoisotopic (exact) mass is 364 g/mol. The van der Waals surface area contributed by atoms with Gasteiger partial charge in [0.2, 0.25) is 0 Å². The van der Waals surface area contributed by atoms with Crippen molar-refractivity contribution in [3.05, 3.63) is 40.0 Å². The maximum absolute atomic E-state index is 12.6. The average molecular weight is 364 g/mol. The third kappa shape index (κ3) is 2.95. The predicted molar refractivity (Wildman–Crippen MR) is 94.4 cm³/mol. The van der Waals surface area contributed by atoms with E-state index in [9.17, 15) is 13.2 Å². The molecule has 1 aromatic carbocycles. The van der Waals surface area contributed by atoms with Crippen molar-refractivity contribution in [1.29, 1.82) is 0 Å². The molecule has 0 saturated carbocycles. The second-order valence-corrected chi connectivity index (χ2v) is 7.78. The lowest BCUT2D eigenvalue weighted by Crippen LogP contribution is -2.16. The Morgan fingerprint density at radius 3 is 2.68 bits per heavy atom. The Hall–Kier alpha value is -2.55. The van der Waals surface area contributed by atoms with Crippen LogP contribution in [0.2, 0.25) is 0 Å². The normalized spacial score (nSPS) is 12.2. The summed E-state index contributed by atoms with van der Waals surface area (Å²) in [5.74, 6) is -0.249. The lowest BCUT2D eigenvalue weighted by Gasteiger charge is -2.08. The molecule has 2 heterocycles. The molecule has 9 heteroatoms. The molecule has 134 valence electrons. The summed E-state index contributed by atoms with van der Waals surface area (Å²) in [6.07, 6.45) is 0.723. The van der Waals surface area contributed by atoms with Gasteiger partial charge >= 0.3 is 5.76 Å². The van der Waals surface area contributed by atoms with Gasteiger partial charge in [0.25, 0.3) is 10.0 Å². The highest BCUT2D eigenvalue weighted by Crippen LogP contribution is 2.24. The second-order valence-electron chi connectivity index (χ2n) is 6.10. The maximum Gasteiger partial charge on any atom is 0.420 e. The number of fused-ring (bicyclic) bond motifs is 1. The number of nitrogens with one attached hydrogen (secondary N) is 2. The standard InChI is InChI=1S/C16H20N4O4S/c1-5-12-10(4)15(18-17-12)19-25(22,23)11-6-7-13-14(8-11)24-16(21)20(13)9(2)3/h6-9H,5H2,1-4H3,(H2,17,18,19). The topological polar surface area (TPSA) is 110 Å². The van der Waals surface area contributed by atoms with Crippen molar-refractivity contribution < 1.29 is 12.8 Å². The summed E-state index contributed by atoms with van der Waals surface area (Å²) in [7, 11) is -3.85. The number of rotatable bonds is 5. The third-order valence-electron chi connectivity index (χ3n) is 4.11. The second kappa shape index (κ2) is 6.07. The third-order valence-corrected chi connectivity index (χ3v) is 5.44. The molecular weight excluding hydrogens is 344 g/mol. The number of oxazole rings is 1. The summed E-state index contributed by atoms with van der Waals surface area (Å²) in [5, 5.41) is 6.82. The number of anilines is 1. The summed E-state index contributed by atoms with van der Waals surface area (Å²) in [6.45, 7) is 7.46. The van der Waals surface area contributed by atoms with Crippen LogP contribution in [-0.2, 0) is 16.4 Å². The van der Waals surface area contributed by atoms with Crippen LogP contribution in [0.1, 0.15) is 38.1 Å². The van der Waals surface area contributed by atoms with E-state index >= 15 is 0 Å². The van der Waals surface area contributed by atoms with Gasteiger partial charge in [-0.05, 0) is 39.3 Å². The van der Waals surface area contributed by atoms with Crippen LogP contribution in [0.25, 0.3) is 11.1 Å². The first-order valence-corrected chi connectivity index (χ1v) is 9.44. The van der Waals surface area contributed by atoms with E-state index in [1.54, 1.807) is 13.0 Å². The van der Waals surface area contributed by atoms with E-state index in [4.69, 9.17) is 4.42 Å². The number of hydrogen-bond acceptors (Lipinski definition) is 5. The molecule has 0 spiro atoms. The first-order chi connectivity index (χ1) is 11.7. The number of H-pyrrole nitrogens is 1. The fourth-order valence-electron chi connectivity index (χ4n) is 2.74. The molecule has 0 radical (unpaired) electrons. The van der Waals surface area contributed by atoms with Crippen LogP contribution in [0.5, 0.6) is 0 Å². The van der Waals surface area contributed by atoms with Crippen LogP contribution in [0, 0.1) is 6.92 Å². The Kier molecular flexibility index (Phi) is 4.19. The Balaban J connectivity index is 2.02. The molecule has 8 nitrogen and oxygen atoms in total. The fourth-order valence-corrected chi connectivity index (χ4v) is 3.82. The number of hydrogen-bond donors (Lipinski definition) is 2. The zero-order valence-corrected chi connectivity index (χ0v) is 15.3. The summed E-state index contributed by atoms with van der Waals surface area (Å²) in [4.78, 5) is 11.9. The molecular formula is C16H20N4O4S. The minimum atomic E-state index is -3.85. The van der Waals surface area contributed by atoms with Gasteiger partial charge < -0.3 is 4.42 Å². The number of nitrogens with zero attached hydrogens (tertiary/aromatic N) is 2. The number of aromatic amines is 1. The van der Waals surface area contributed by atoms with E-state index in [0.717, 1.165) is 17.7 Å². The lowest BCUT2D eigenvalue weighted by atomic mass is 10.2. The first kappa shape index (κ1) is 17.3. The highest BCUT2D eigenvalue weighted by Gasteiger charge is 2.21. The number of aryl methyl sites for hydroxylation is 1. The Labute approximate surface area is 144 Å². The quantitative estimate of drug-likeness (QED) is 0.723. The minimum Gasteiger partial charge on any atom is -0.408 e. The maximum atomic E-state index is 12.6. The van der Waals surface area contributed by atoms with Crippen LogP contribution in [0.4, 0.5) is 5.82 Å². The van der Waals surface area contributed by atoms with Crippen LogP contribution in [-0.4, -0.2) is 23.2 Å². The van der Waals surface area contributed by atoms with Crippen LogP contribution >= 0.6 is 0 Å². The van der Waals surface area contributed by atoms with E-state index in [0.29, 0.717) is 5.52 Å². The summed E-state index contributed by atoms with van der Waals surface area (Å²) < 4.78 is 34.4.